The number of hydrogen-bond acceptors (Lipinski definition) is 4. The third kappa shape index (κ3) is 4.42. The van der Waals surface area contributed by atoms with Crippen molar-refractivity contribution in [1.82, 2.24) is 0 Å². The molecule has 0 atom stereocenters. The summed E-state index contributed by atoms with van der Waals surface area (Å²) in [5.74, 6) is -2.14. The smallest absolute Gasteiger partial charge is 0.335 e. The first-order chi connectivity index (χ1) is 11.5. The zero-order valence-corrected chi connectivity index (χ0v) is 12.3. The number of aromatic carboxylic acids is 1. The number of hydrogen-bond donors (Lipinski definition) is 3. The van der Waals surface area contributed by atoms with Gasteiger partial charge in [-0.2, -0.15) is 5.26 Å². The maximum atomic E-state index is 12.8. The maximum Gasteiger partial charge on any atom is 0.335 e. The van der Waals surface area contributed by atoms with Gasteiger partial charge in [-0.15, -0.1) is 0 Å². The summed E-state index contributed by atoms with van der Waals surface area (Å²) in [6.45, 7) is 0. The van der Waals surface area contributed by atoms with Crippen molar-refractivity contribution in [1.29, 1.82) is 5.26 Å². The molecular weight excluding hydrogens is 313 g/mol. The molecular formula is C17H12FN3O3. The van der Waals surface area contributed by atoms with Gasteiger partial charge in [0.1, 0.15) is 17.5 Å². The maximum absolute atomic E-state index is 12.8. The van der Waals surface area contributed by atoms with Crippen LogP contribution in [0.1, 0.15) is 10.4 Å². The SMILES string of the molecule is N#C/C(=C/Nc1ccc(C(=O)O)cc1)C(=O)Nc1ccc(F)cc1. The Morgan fingerprint density at radius 3 is 2.17 bits per heavy atom. The first-order valence-electron chi connectivity index (χ1n) is 6.76. The molecule has 0 fully saturated rings. The molecule has 6 nitrogen and oxygen atoms in total. The highest BCUT2D eigenvalue weighted by molar-refractivity contribution is 6.06. The molecule has 0 aliphatic heterocycles. The second-order valence-corrected chi connectivity index (χ2v) is 4.66. The molecule has 2 aromatic rings. The van der Waals surface area contributed by atoms with Crippen molar-refractivity contribution in [2.75, 3.05) is 10.6 Å². The minimum Gasteiger partial charge on any atom is -0.478 e. The fraction of sp³-hybridized carbons (Fsp3) is 0. The van der Waals surface area contributed by atoms with Crippen LogP contribution in [0.4, 0.5) is 15.8 Å². The summed E-state index contributed by atoms with van der Waals surface area (Å²) >= 11 is 0. The van der Waals surface area contributed by atoms with Gasteiger partial charge in [-0.25, -0.2) is 9.18 Å². The lowest BCUT2D eigenvalue weighted by atomic mass is 10.2. The third-order valence-electron chi connectivity index (χ3n) is 2.98. The van der Waals surface area contributed by atoms with Crippen molar-refractivity contribution in [3.8, 4) is 6.07 Å². The van der Waals surface area contributed by atoms with Crippen LogP contribution < -0.4 is 10.6 Å². The van der Waals surface area contributed by atoms with Crippen LogP contribution in [0.3, 0.4) is 0 Å². The predicted molar refractivity (Wildman–Crippen MR) is 85.7 cm³/mol. The first kappa shape index (κ1) is 16.7. The van der Waals surface area contributed by atoms with Gasteiger partial charge in [0, 0.05) is 17.6 Å². The Morgan fingerprint density at radius 1 is 1.04 bits per heavy atom. The van der Waals surface area contributed by atoms with E-state index in [9.17, 15) is 14.0 Å². The Kier molecular flexibility index (Phi) is 5.26. The lowest BCUT2D eigenvalue weighted by Gasteiger charge is -2.05. The molecule has 0 saturated heterocycles. The fourth-order valence-corrected chi connectivity index (χ4v) is 1.74. The van der Waals surface area contributed by atoms with Gasteiger partial charge in [-0.1, -0.05) is 0 Å². The highest BCUT2D eigenvalue weighted by Crippen LogP contribution is 2.12. The van der Waals surface area contributed by atoms with Gasteiger partial charge in [0.15, 0.2) is 0 Å². The van der Waals surface area contributed by atoms with E-state index in [1.807, 2.05) is 0 Å². The third-order valence-corrected chi connectivity index (χ3v) is 2.98. The van der Waals surface area contributed by atoms with Crippen LogP contribution in [0.25, 0.3) is 0 Å². The number of nitrogens with zero attached hydrogens (tertiary/aromatic N) is 1. The summed E-state index contributed by atoms with van der Waals surface area (Å²) in [6, 6.07) is 12.7. The minimum absolute atomic E-state index is 0.124. The quantitative estimate of drug-likeness (QED) is 0.579. The number of halogens is 1. The van der Waals surface area contributed by atoms with Crippen molar-refractivity contribution < 1.29 is 19.1 Å². The molecule has 0 spiro atoms. The molecule has 0 aliphatic carbocycles. The summed E-state index contributed by atoms with van der Waals surface area (Å²) in [5, 5.41) is 23.1. The van der Waals surface area contributed by atoms with Crippen molar-refractivity contribution in [2.24, 2.45) is 0 Å². The number of amides is 1. The van der Waals surface area contributed by atoms with Crippen LogP contribution >= 0.6 is 0 Å². The summed E-state index contributed by atoms with van der Waals surface area (Å²) in [5.41, 5.74) is 0.802. The van der Waals surface area contributed by atoms with E-state index in [1.165, 1.54) is 54.7 Å². The van der Waals surface area contributed by atoms with Crippen molar-refractivity contribution >= 4 is 23.3 Å². The van der Waals surface area contributed by atoms with Crippen molar-refractivity contribution in [3.05, 3.63) is 71.7 Å². The van der Waals surface area contributed by atoms with Crippen LogP contribution in [-0.2, 0) is 4.79 Å². The largest absolute Gasteiger partial charge is 0.478 e. The van der Waals surface area contributed by atoms with Crippen LogP contribution in [0.15, 0.2) is 60.3 Å². The summed E-state index contributed by atoms with van der Waals surface area (Å²) in [6.07, 6.45) is 1.20. The summed E-state index contributed by atoms with van der Waals surface area (Å²) in [7, 11) is 0. The second kappa shape index (κ2) is 7.56. The number of carboxylic acid groups (broad SMARTS) is 1. The Morgan fingerprint density at radius 2 is 1.62 bits per heavy atom. The van der Waals surface area contributed by atoms with Gasteiger partial charge >= 0.3 is 5.97 Å². The average Bonchev–Trinajstić information content (AvgIpc) is 2.58. The van der Waals surface area contributed by atoms with Gasteiger partial charge in [0.25, 0.3) is 5.91 Å². The van der Waals surface area contributed by atoms with Gasteiger partial charge in [-0.3, -0.25) is 4.79 Å². The predicted octanol–water partition coefficient (Wildman–Crippen LogP) is 2.98. The van der Waals surface area contributed by atoms with Crippen molar-refractivity contribution in [2.45, 2.75) is 0 Å². The Balaban J connectivity index is 2.05. The number of carbonyl (C=O) groups is 2. The monoisotopic (exact) mass is 325 g/mol. The number of rotatable bonds is 5. The molecule has 3 N–H and O–H groups in total. The normalized spacial score (nSPS) is 10.6. The lowest BCUT2D eigenvalue weighted by Crippen LogP contribution is -2.14. The van der Waals surface area contributed by atoms with E-state index < -0.39 is 17.7 Å². The number of anilines is 2. The van der Waals surface area contributed by atoms with Gasteiger partial charge < -0.3 is 15.7 Å². The molecule has 24 heavy (non-hydrogen) atoms. The van der Waals surface area contributed by atoms with E-state index in [0.29, 0.717) is 11.4 Å². The van der Waals surface area contributed by atoms with E-state index >= 15 is 0 Å². The summed E-state index contributed by atoms with van der Waals surface area (Å²) < 4.78 is 12.8. The van der Waals surface area contributed by atoms with E-state index in [1.54, 1.807) is 6.07 Å². The van der Waals surface area contributed by atoms with Gasteiger partial charge in [0.05, 0.1) is 5.56 Å². The standard InChI is InChI=1S/C17H12FN3O3/c18-13-3-7-15(8-4-13)21-16(22)12(9-19)10-20-14-5-1-11(2-6-14)17(23)24/h1-8,10,20H,(H,21,22)(H,23,24)/b12-10-. The Hall–Kier alpha value is -3.66. The van der Waals surface area contributed by atoms with E-state index in [2.05, 4.69) is 10.6 Å². The molecule has 0 bridgehead atoms. The van der Waals surface area contributed by atoms with Crippen LogP contribution in [0.2, 0.25) is 0 Å². The fourth-order valence-electron chi connectivity index (χ4n) is 1.74. The zero-order chi connectivity index (χ0) is 17.5. The number of carboxylic acids is 1. The number of nitrogens with one attached hydrogen (secondary N) is 2. The molecule has 120 valence electrons. The average molecular weight is 325 g/mol. The molecule has 0 radical (unpaired) electrons. The Bertz CT molecular complexity index is 822. The number of nitriles is 1. The highest BCUT2D eigenvalue weighted by Gasteiger charge is 2.09. The van der Waals surface area contributed by atoms with E-state index in [-0.39, 0.29) is 11.1 Å². The molecule has 0 heterocycles. The molecule has 2 rings (SSSR count). The Labute approximate surface area is 136 Å². The molecule has 7 heteroatoms. The van der Waals surface area contributed by atoms with Gasteiger partial charge in [0.2, 0.25) is 0 Å². The van der Waals surface area contributed by atoms with Crippen LogP contribution in [0.5, 0.6) is 0 Å². The number of carbonyl (C=O) groups excluding carboxylic acids is 1. The van der Waals surface area contributed by atoms with Gasteiger partial charge in [-0.05, 0) is 48.5 Å². The molecule has 0 saturated carbocycles. The molecule has 0 aliphatic rings. The van der Waals surface area contributed by atoms with Crippen LogP contribution in [-0.4, -0.2) is 17.0 Å². The molecule has 2 aromatic carbocycles. The molecule has 0 aromatic heterocycles. The molecule has 0 unspecified atom stereocenters. The van der Waals surface area contributed by atoms with E-state index in [4.69, 9.17) is 10.4 Å². The van der Waals surface area contributed by atoms with Crippen LogP contribution in [0, 0.1) is 17.1 Å². The molecule has 1 amide bonds. The lowest BCUT2D eigenvalue weighted by molar-refractivity contribution is -0.112. The minimum atomic E-state index is -1.05. The number of benzene rings is 2. The van der Waals surface area contributed by atoms with Crippen molar-refractivity contribution in [3.63, 3.8) is 0 Å². The van der Waals surface area contributed by atoms with E-state index in [0.717, 1.165) is 0 Å². The topological polar surface area (TPSA) is 102 Å². The first-order valence-corrected chi connectivity index (χ1v) is 6.76. The summed E-state index contributed by atoms with van der Waals surface area (Å²) in [4.78, 5) is 22.7. The zero-order valence-electron chi connectivity index (χ0n) is 12.3. The highest BCUT2D eigenvalue weighted by atomic mass is 19.1. The second-order valence-electron chi connectivity index (χ2n) is 4.66.